The number of anilines is 1. The minimum atomic E-state index is -1.10. The first kappa shape index (κ1) is 20.3. The highest BCUT2D eigenvalue weighted by atomic mass is 32.2. The molecule has 0 aliphatic heterocycles. The number of aromatic nitrogens is 4. The Labute approximate surface area is 171 Å². The van der Waals surface area contributed by atoms with Crippen molar-refractivity contribution in [3.05, 3.63) is 53.6 Å². The summed E-state index contributed by atoms with van der Waals surface area (Å²) in [4.78, 5) is 23.8. The number of amides is 1. The molecule has 29 heavy (non-hydrogen) atoms. The van der Waals surface area contributed by atoms with Crippen LogP contribution < -0.4 is 10.1 Å². The van der Waals surface area contributed by atoms with E-state index in [1.54, 1.807) is 19.1 Å². The Morgan fingerprint density at radius 1 is 1.21 bits per heavy atom. The summed E-state index contributed by atoms with van der Waals surface area (Å²) in [7, 11) is 0. The van der Waals surface area contributed by atoms with Crippen LogP contribution in [-0.2, 0) is 4.79 Å². The Balaban J connectivity index is 1.68. The highest BCUT2D eigenvalue weighted by molar-refractivity contribution is 7.99. The Kier molecular flexibility index (Phi) is 6.45. The molecule has 0 unspecified atom stereocenters. The molecule has 0 saturated heterocycles. The van der Waals surface area contributed by atoms with Gasteiger partial charge in [0.1, 0.15) is 5.75 Å². The molecule has 1 aromatic heterocycles. The summed E-state index contributed by atoms with van der Waals surface area (Å²) in [5.74, 6) is -0.695. The van der Waals surface area contributed by atoms with E-state index in [0.717, 1.165) is 23.2 Å². The van der Waals surface area contributed by atoms with E-state index in [4.69, 9.17) is 4.74 Å². The molecule has 3 rings (SSSR count). The maximum atomic E-state index is 12.4. The van der Waals surface area contributed by atoms with Gasteiger partial charge in [-0.1, -0.05) is 23.9 Å². The number of carboxylic acids is 1. The first-order valence-corrected chi connectivity index (χ1v) is 9.75. The molecule has 0 fully saturated rings. The van der Waals surface area contributed by atoms with Crippen LogP contribution in [-0.4, -0.2) is 49.6 Å². The average molecular weight is 413 g/mol. The van der Waals surface area contributed by atoms with Crippen molar-refractivity contribution in [3.8, 4) is 11.4 Å². The number of carbonyl (C=O) groups excluding carboxylic acids is 1. The van der Waals surface area contributed by atoms with Crippen molar-refractivity contribution in [3.63, 3.8) is 0 Å². The molecule has 3 aromatic rings. The number of aromatic carboxylic acids is 1. The van der Waals surface area contributed by atoms with Crippen LogP contribution >= 0.6 is 11.8 Å². The quantitative estimate of drug-likeness (QED) is 0.541. The van der Waals surface area contributed by atoms with Crippen LogP contribution in [0.2, 0.25) is 0 Å². The van der Waals surface area contributed by atoms with Gasteiger partial charge in [-0.2, -0.15) is 4.68 Å². The van der Waals surface area contributed by atoms with Gasteiger partial charge in [0.2, 0.25) is 11.1 Å². The summed E-state index contributed by atoms with van der Waals surface area (Å²) in [6.07, 6.45) is 0. The van der Waals surface area contributed by atoms with Gasteiger partial charge in [0.05, 0.1) is 29.3 Å². The summed E-state index contributed by atoms with van der Waals surface area (Å²) >= 11 is 1.15. The van der Waals surface area contributed by atoms with Crippen molar-refractivity contribution in [2.24, 2.45) is 0 Å². The molecule has 0 spiro atoms. The normalized spacial score (nSPS) is 10.6. The van der Waals surface area contributed by atoms with Gasteiger partial charge in [-0.25, -0.2) is 4.79 Å². The molecule has 2 aromatic carbocycles. The van der Waals surface area contributed by atoms with Crippen LogP contribution in [0.15, 0.2) is 47.6 Å². The smallest absolute Gasteiger partial charge is 0.337 e. The van der Waals surface area contributed by atoms with Gasteiger partial charge in [0.25, 0.3) is 0 Å². The third-order valence-corrected chi connectivity index (χ3v) is 4.85. The minimum Gasteiger partial charge on any atom is -0.494 e. The Bertz CT molecular complexity index is 1020. The molecule has 9 nitrogen and oxygen atoms in total. The van der Waals surface area contributed by atoms with Gasteiger partial charge in [-0.05, 0) is 60.2 Å². The van der Waals surface area contributed by atoms with Gasteiger partial charge in [-0.3, -0.25) is 4.79 Å². The minimum absolute atomic E-state index is 0.0186. The lowest BCUT2D eigenvalue weighted by molar-refractivity contribution is -0.113. The molecule has 0 radical (unpaired) electrons. The van der Waals surface area contributed by atoms with Crippen LogP contribution in [0.3, 0.4) is 0 Å². The molecule has 1 amide bonds. The second-order valence-corrected chi connectivity index (χ2v) is 6.88. The predicted molar refractivity (Wildman–Crippen MR) is 108 cm³/mol. The average Bonchev–Trinajstić information content (AvgIpc) is 3.17. The van der Waals surface area contributed by atoms with Crippen molar-refractivity contribution in [2.75, 3.05) is 17.7 Å². The van der Waals surface area contributed by atoms with Crippen LogP contribution in [0, 0.1) is 6.92 Å². The number of carbonyl (C=O) groups is 2. The molecule has 1 heterocycles. The van der Waals surface area contributed by atoms with E-state index >= 15 is 0 Å². The fourth-order valence-corrected chi connectivity index (χ4v) is 3.29. The van der Waals surface area contributed by atoms with Gasteiger partial charge in [0.15, 0.2) is 0 Å². The monoisotopic (exact) mass is 413 g/mol. The number of nitrogens with zero attached hydrogens (tertiary/aromatic N) is 4. The van der Waals surface area contributed by atoms with E-state index in [9.17, 15) is 14.7 Å². The Hall–Kier alpha value is -3.40. The fraction of sp³-hybridized carbons (Fsp3) is 0.211. The number of tetrazole rings is 1. The zero-order valence-electron chi connectivity index (χ0n) is 15.8. The molecular formula is C19H19N5O4S. The summed E-state index contributed by atoms with van der Waals surface area (Å²) in [5.41, 5.74) is 1.73. The second kappa shape index (κ2) is 9.20. The fourth-order valence-electron chi connectivity index (χ4n) is 2.60. The summed E-state index contributed by atoms with van der Waals surface area (Å²) < 4.78 is 6.94. The number of thioether (sulfide) groups is 1. The van der Waals surface area contributed by atoms with Crippen LogP contribution in [0.5, 0.6) is 5.75 Å². The van der Waals surface area contributed by atoms with Gasteiger partial charge in [0, 0.05) is 0 Å². The molecular weight excluding hydrogens is 394 g/mol. The van der Waals surface area contributed by atoms with E-state index in [2.05, 4.69) is 20.8 Å². The van der Waals surface area contributed by atoms with Crippen molar-refractivity contribution in [1.29, 1.82) is 0 Å². The van der Waals surface area contributed by atoms with E-state index < -0.39 is 5.97 Å². The standard InChI is InChI=1S/C19H19N5O4S/c1-3-28-14-9-7-13(8-10-14)24-19(21-22-23-24)29-11-16(25)20-17-12(2)5-4-6-15(17)18(26)27/h4-10H,3,11H2,1-2H3,(H,20,25)(H,26,27). The Morgan fingerprint density at radius 2 is 1.97 bits per heavy atom. The van der Waals surface area contributed by atoms with Crippen LogP contribution in [0.25, 0.3) is 5.69 Å². The first-order chi connectivity index (χ1) is 14.0. The lowest BCUT2D eigenvalue weighted by atomic mass is 10.1. The maximum Gasteiger partial charge on any atom is 0.337 e. The number of hydrogen-bond donors (Lipinski definition) is 2. The van der Waals surface area contributed by atoms with E-state index in [0.29, 0.717) is 17.3 Å². The molecule has 0 aliphatic carbocycles. The molecule has 0 aliphatic rings. The number of ether oxygens (including phenoxy) is 1. The van der Waals surface area contributed by atoms with Crippen LogP contribution in [0.4, 0.5) is 5.69 Å². The van der Waals surface area contributed by atoms with Gasteiger partial charge < -0.3 is 15.2 Å². The first-order valence-electron chi connectivity index (χ1n) is 8.76. The highest BCUT2D eigenvalue weighted by Crippen LogP contribution is 2.23. The third-order valence-electron chi connectivity index (χ3n) is 3.93. The number of carboxylic acid groups (broad SMARTS) is 1. The number of aryl methyl sites for hydroxylation is 1. The number of rotatable bonds is 8. The maximum absolute atomic E-state index is 12.4. The van der Waals surface area contributed by atoms with E-state index in [1.165, 1.54) is 10.7 Å². The lowest BCUT2D eigenvalue weighted by Crippen LogP contribution is -2.18. The number of nitrogens with one attached hydrogen (secondary N) is 1. The number of para-hydroxylation sites is 1. The molecule has 0 bridgehead atoms. The zero-order chi connectivity index (χ0) is 20.8. The number of hydrogen-bond acceptors (Lipinski definition) is 7. The predicted octanol–water partition coefficient (Wildman–Crippen LogP) is 2.80. The number of benzene rings is 2. The molecule has 0 atom stereocenters. The van der Waals surface area contributed by atoms with Crippen molar-refractivity contribution in [2.45, 2.75) is 19.0 Å². The summed E-state index contributed by atoms with van der Waals surface area (Å²) in [6, 6.07) is 12.1. The van der Waals surface area contributed by atoms with Crippen molar-refractivity contribution >= 4 is 29.3 Å². The topological polar surface area (TPSA) is 119 Å². The summed E-state index contributed by atoms with van der Waals surface area (Å²) in [6.45, 7) is 4.22. The van der Waals surface area contributed by atoms with Crippen molar-refractivity contribution < 1.29 is 19.4 Å². The van der Waals surface area contributed by atoms with Gasteiger partial charge in [-0.15, -0.1) is 5.10 Å². The molecule has 0 saturated carbocycles. The highest BCUT2D eigenvalue weighted by Gasteiger charge is 2.16. The largest absolute Gasteiger partial charge is 0.494 e. The SMILES string of the molecule is CCOc1ccc(-n2nnnc2SCC(=O)Nc2c(C)cccc2C(=O)O)cc1. The Morgan fingerprint density at radius 3 is 2.66 bits per heavy atom. The second-order valence-electron chi connectivity index (χ2n) is 5.94. The molecule has 150 valence electrons. The van der Waals surface area contributed by atoms with Crippen molar-refractivity contribution in [1.82, 2.24) is 20.2 Å². The van der Waals surface area contributed by atoms with Gasteiger partial charge >= 0.3 is 5.97 Å². The molecule has 2 N–H and O–H groups in total. The van der Waals surface area contributed by atoms with Crippen LogP contribution in [0.1, 0.15) is 22.8 Å². The summed E-state index contributed by atoms with van der Waals surface area (Å²) in [5, 5.41) is 24.0. The third kappa shape index (κ3) is 4.91. The van der Waals surface area contributed by atoms with E-state index in [-0.39, 0.29) is 22.9 Å². The zero-order valence-corrected chi connectivity index (χ0v) is 16.6. The van der Waals surface area contributed by atoms with E-state index in [1.807, 2.05) is 31.2 Å². The lowest BCUT2D eigenvalue weighted by Gasteiger charge is -2.11. The molecule has 10 heteroatoms.